The topological polar surface area (TPSA) is 79.5 Å². The number of carbonyl (C=O) groups is 2. The molecule has 1 fully saturated rings. The zero-order valence-corrected chi connectivity index (χ0v) is 14.8. The molecule has 0 spiro atoms. The van der Waals surface area contributed by atoms with Crippen LogP contribution in [0.4, 0.5) is 15.8 Å². The van der Waals surface area contributed by atoms with Crippen LogP contribution in [0.15, 0.2) is 48.5 Å². The molecule has 1 saturated heterocycles. The minimum absolute atomic E-state index is 0.0288. The van der Waals surface area contributed by atoms with E-state index in [-0.39, 0.29) is 30.3 Å². The second-order valence-corrected chi connectivity index (χ2v) is 6.33. The number of carbonyl (C=O) groups excluding carboxylic acids is 2. The van der Waals surface area contributed by atoms with Crippen molar-refractivity contribution in [1.82, 2.24) is 5.32 Å². The van der Waals surface area contributed by atoms with E-state index in [9.17, 15) is 14.0 Å². The van der Waals surface area contributed by atoms with Gasteiger partial charge in [0.05, 0.1) is 12.6 Å². The third-order valence-corrected chi connectivity index (χ3v) is 4.22. The molecule has 6 nitrogen and oxygen atoms in total. The third kappa shape index (κ3) is 5.79. The summed E-state index contributed by atoms with van der Waals surface area (Å²) in [5, 5.41) is 8.50. The second-order valence-electron chi connectivity index (χ2n) is 6.33. The second kappa shape index (κ2) is 9.14. The van der Waals surface area contributed by atoms with Crippen molar-refractivity contribution in [1.29, 1.82) is 0 Å². The molecule has 7 heteroatoms. The summed E-state index contributed by atoms with van der Waals surface area (Å²) in [5.74, 6) is -0.804. The molecule has 142 valence electrons. The van der Waals surface area contributed by atoms with Gasteiger partial charge in [-0.2, -0.15) is 0 Å². The molecule has 0 aromatic heterocycles. The molecule has 1 aliphatic rings. The van der Waals surface area contributed by atoms with Gasteiger partial charge in [-0.05, 0) is 55.3 Å². The van der Waals surface area contributed by atoms with E-state index < -0.39 is 0 Å². The van der Waals surface area contributed by atoms with Crippen LogP contribution in [-0.2, 0) is 9.53 Å². The van der Waals surface area contributed by atoms with Gasteiger partial charge in [0.25, 0.3) is 5.91 Å². The van der Waals surface area contributed by atoms with E-state index in [2.05, 4.69) is 16.0 Å². The zero-order chi connectivity index (χ0) is 19.1. The van der Waals surface area contributed by atoms with Gasteiger partial charge in [0, 0.05) is 30.1 Å². The van der Waals surface area contributed by atoms with Gasteiger partial charge >= 0.3 is 0 Å². The molecule has 2 aromatic rings. The average Bonchev–Trinajstić information content (AvgIpc) is 3.19. The van der Waals surface area contributed by atoms with Crippen molar-refractivity contribution in [3.05, 3.63) is 59.9 Å². The first-order valence-corrected chi connectivity index (χ1v) is 8.89. The summed E-state index contributed by atoms with van der Waals surface area (Å²) in [4.78, 5) is 24.3. The normalized spacial score (nSPS) is 16.0. The Balaban J connectivity index is 1.49. The molecule has 27 heavy (non-hydrogen) atoms. The largest absolute Gasteiger partial charge is 0.376 e. The van der Waals surface area contributed by atoms with Crippen molar-refractivity contribution >= 4 is 23.2 Å². The highest BCUT2D eigenvalue weighted by Crippen LogP contribution is 2.13. The van der Waals surface area contributed by atoms with Crippen molar-refractivity contribution in [2.75, 3.05) is 30.3 Å². The van der Waals surface area contributed by atoms with Crippen LogP contribution in [0.2, 0.25) is 0 Å². The Morgan fingerprint density at radius 2 is 1.93 bits per heavy atom. The van der Waals surface area contributed by atoms with Crippen LogP contribution in [-0.4, -0.2) is 37.6 Å². The number of anilines is 2. The zero-order valence-electron chi connectivity index (χ0n) is 14.8. The predicted molar refractivity (Wildman–Crippen MR) is 101 cm³/mol. The summed E-state index contributed by atoms with van der Waals surface area (Å²) in [6, 6.07) is 12.5. The summed E-state index contributed by atoms with van der Waals surface area (Å²) >= 11 is 0. The van der Waals surface area contributed by atoms with E-state index in [1.54, 1.807) is 36.4 Å². The predicted octanol–water partition coefficient (Wildman–Crippen LogP) is 2.79. The van der Waals surface area contributed by atoms with Crippen molar-refractivity contribution in [3.63, 3.8) is 0 Å². The Morgan fingerprint density at radius 1 is 1.11 bits per heavy atom. The van der Waals surface area contributed by atoms with E-state index >= 15 is 0 Å². The number of rotatable bonds is 7. The molecule has 2 aromatic carbocycles. The lowest BCUT2D eigenvalue weighted by Gasteiger charge is -2.12. The van der Waals surface area contributed by atoms with Crippen LogP contribution in [0.1, 0.15) is 23.2 Å². The van der Waals surface area contributed by atoms with Gasteiger partial charge < -0.3 is 20.7 Å². The summed E-state index contributed by atoms with van der Waals surface area (Å²) in [5.41, 5.74) is 1.65. The first-order chi connectivity index (χ1) is 13.1. The van der Waals surface area contributed by atoms with E-state index in [1.165, 1.54) is 12.1 Å². The SMILES string of the molecule is O=C(CNc1ccc(F)cc1)Nc1cccc(C(=O)NCC2CCCO2)c1. The Bertz CT molecular complexity index is 789. The minimum Gasteiger partial charge on any atom is -0.376 e. The average molecular weight is 371 g/mol. The van der Waals surface area contributed by atoms with Gasteiger partial charge in [-0.1, -0.05) is 6.07 Å². The molecule has 1 unspecified atom stereocenters. The summed E-state index contributed by atoms with van der Waals surface area (Å²) in [7, 11) is 0. The van der Waals surface area contributed by atoms with E-state index in [4.69, 9.17) is 4.74 Å². The Hall–Kier alpha value is -2.93. The quantitative estimate of drug-likeness (QED) is 0.699. The number of amides is 2. The molecule has 3 N–H and O–H groups in total. The summed E-state index contributed by atoms with van der Waals surface area (Å²) in [6.07, 6.45) is 2.06. The first-order valence-electron chi connectivity index (χ1n) is 8.89. The molecule has 0 saturated carbocycles. The monoisotopic (exact) mass is 371 g/mol. The fraction of sp³-hybridized carbons (Fsp3) is 0.300. The number of hydrogen-bond acceptors (Lipinski definition) is 4. The van der Waals surface area contributed by atoms with Gasteiger partial charge in [0.1, 0.15) is 5.82 Å². The highest BCUT2D eigenvalue weighted by atomic mass is 19.1. The number of ether oxygens (including phenoxy) is 1. The number of hydrogen-bond donors (Lipinski definition) is 3. The molecular formula is C20H22FN3O3. The van der Waals surface area contributed by atoms with E-state index in [0.29, 0.717) is 23.5 Å². The third-order valence-electron chi connectivity index (χ3n) is 4.22. The molecular weight excluding hydrogens is 349 g/mol. The van der Waals surface area contributed by atoms with Gasteiger partial charge in [-0.25, -0.2) is 4.39 Å². The molecule has 0 radical (unpaired) electrons. The standard InChI is InChI=1S/C20H22FN3O3/c21-15-6-8-16(9-7-15)22-13-19(25)24-17-4-1-3-14(11-17)20(26)23-12-18-5-2-10-27-18/h1,3-4,6-9,11,18,22H,2,5,10,12-13H2,(H,23,26)(H,24,25). The van der Waals surface area contributed by atoms with Crippen LogP contribution >= 0.6 is 0 Å². The van der Waals surface area contributed by atoms with Crippen LogP contribution in [0.3, 0.4) is 0 Å². The maximum Gasteiger partial charge on any atom is 0.251 e. The fourth-order valence-corrected chi connectivity index (χ4v) is 2.81. The van der Waals surface area contributed by atoms with Crippen LogP contribution in [0, 0.1) is 5.82 Å². The highest BCUT2D eigenvalue weighted by Gasteiger charge is 2.16. The minimum atomic E-state index is -0.334. The van der Waals surface area contributed by atoms with E-state index in [1.807, 2.05) is 0 Å². The Kier molecular flexibility index (Phi) is 6.38. The van der Waals surface area contributed by atoms with Gasteiger partial charge in [0.15, 0.2) is 0 Å². The van der Waals surface area contributed by atoms with Crippen LogP contribution < -0.4 is 16.0 Å². The smallest absolute Gasteiger partial charge is 0.251 e. The number of benzene rings is 2. The van der Waals surface area contributed by atoms with Crippen molar-refractivity contribution in [2.24, 2.45) is 0 Å². The van der Waals surface area contributed by atoms with E-state index in [0.717, 1.165) is 19.4 Å². The Labute approximate surface area is 157 Å². The van der Waals surface area contributed by atoms with Gasteiger partial charge in [-0.3, -0.25) is 9.59 Å². The first kappa shape index (κ1) is 18.8. The highest BCUT2D eigenvalue weighted by molar-refractivity contribution is 5.98. The number of nitrogens with one attached hydrogen (secondary N) is 3. The lowest BCUT2D eigenvalue weighted by Crippen LogP contribution is -2.31. The molecule has 0 aliphatic carbocycles. The lowest BCUT2D eigenvalue weighted by atomic mass is 10.1. The maximum atomic E-state index is 12.9. The summed E-state index contributed by atoms with van der Waals surface area (Å²) < 4.78 is 18.4. The fourth-order valence-electron chi connectivity index (χ4n) is 2.81. The van der Waals surface area contributed by atoms with Crippen molar-refractivity contribution in [3.8, 4) is 0 Å². The number of halogens is 1. The van der Waals surface area contributed by atoms with Gasteiger partial charge in [0.2, 0.25) is 5.91 Å². The Morgan fingerprint density at radius 3 is 2.67 bits per heavy atom. The molecule has 3 rings (SSSR count). The molecule has 0 bridgehead atoms. The maximum absolute atomic E-state index is 12.9. The molecule has 2 amide bonds. The molecule has 1 aliphatic heterocycles. The van der Waals surface area contributed by atoms with Crippen LogP contribution in [0.5, 0.6) is 0 Å². The van der Waals surface area contributed by atoms with Crippen molar-refractivity contribution < 1.29 is 18.7 Å². The summed E-state index contributed by atoms with van der Waals surface area (Å²) in [6.45, 7) is 1.26. The lowest BCUT2D eigenvalue weighted by molar-refractivity contribution is -0.114. The van der Waals surface area contributed by atoms with Crippen LogP contribution in [0.25, 0.3) is 0 Å². The molecule has 1 atom stereocenters. The van der Waals surface area contributed by atoms with Crippen molar-refractivity contribution in [2.45, 2.75) is 18.9 Å². The molecule has 1 heterocycles. The van der Waals surface area contributed by atoms with Gasteiger partial charge in [-0.15, -0.1) is 0 Å².